The Morgan fingerprint density at radius 3 is 2.54 bits per heavy atom. The molecule has 2 aromatic carbocycles. The van der Waals surface area contributed by atoms with E-state index in [1.54, 1.807) is 25.1 Å². The summed E-state index contributed by atoms with van der Waals surface area (Å²) in [5.74, 6) is -0.309. The molecule has 0 saturated heterocycles. The highest BCUT2D eigenvalue weighted by molar-refractivity contribution is 9.10. The zero-order valence-electron chi connectivity index (χ0n) is 12.8. The fraction of sp³-hybridized carbons (Fsp3) is 0.176. The molecule has 0 bridgehead atoms. The standard InChI is InChI=1S/C17H15BrClNO4/c1-2-23-17(22)14-9-12(5-8-15(14)19)20-16(21)10-24-13-6-3-11(18)4-7-13/h3-9H,2,10H2,1H3,(H,20,21). The molecule has 7 heteroatoms. The Kier molecular flexibility index (Phi) is 6.63. The fourth-order valence-electron chi connectivity index (χ4n) is 1.85. The number of halogens is 2. The van der Waals surface area contributed by atoms with E-state index in [1.165, 1.54) is 12.1 Å². The van der Waals surface area contributed by atoms with Crippen molar-refractivity contribution in [1.29, 1.82) is 0 Å². The number of anilines is 1. The van der Waals surface area contributed by atoms with Gasteiger partial charge in [-0.2, -0.15) is 0 Å². The molecule has 0 aliphatic heterocycles. The number of hydrogen-bond acceptors (Lipinski definition) is 4. The van der Waals surface area contributed by atoms with Crippen LogP contribution in [0.15, 0.2) is 46.9 Å². The second-order valence-electron chi connectivity index (χ2n) is 4.71. The van der Waals surface area contributed by atoms with Gasteiger partial charge < -0.3 is 14.8 Å². The lowest BCUT2D eigenvalue weighted by Crippen LogP contribution is -2.20. The maximum absolute atomic E-state index is 11.9. The lowest BCUT2D eigenvalue weighted by Gasteiger charge is -2.10. The molecule has 1 amide bonds. The van der Waals surface area contributed by atoms with Gasteiger partial charge in [0.2, 0.25) is 0 Å². The van der Waals surface area contributed by atoms with E-state index in [1.807, 2.05) is 12.1 Å². The van der Waals surface area contributed by atoms with Crippen LogP contribution < -0.4 is 10.1 Å². The Labute approximate surface area is 153 Å². The Balaban J connectivity index is 1.97. The number of rotatable bonds is 6. The molecule has 0 radical (unpaired) electrons. The minimum Gasteiger partial charge on any atom is -0.484 e. The molecule has 0 aromatic heterocycles. The van der Waals surface area contributed by atoms with Crippen molar-refractivity contribution in [1.82, 2.24) is 0 Å². The molecule has 24 heavy (non-hydrogen) atoms. The predicted molar refractivity (Wildman–Crippen MR) is 95.7 cm³/mol. The van der Waals surface area contributed by atoms with Gasteiger partial charge >= 0.3 is 5.97 Å². The fourth-order valence-corrected chi connectivity index (χ4v) is 2.30. The van der Waals surface area contributed by atoms with Gasteiger partial charge in [-0.1, -0.05) is 27.5 Å². The van der Waals surface area contributed by atoms with Crippen LogP contribution in [-0.4, -0.2) is 25.1 Å². The van der Waals surface area contributed by atoms with Crippen LogP contribution in [0.4, 0.5) is 5.69 Å². The van der Waals surface area contributed by atoms with Gasteiger partial charge in [-0.3, -0.25) is 4.79 Å². The van der Waals surface area contributed by atoms with Gasteiger partial charge in [0.15, 0.2) is 6.61 Å². The van der Waals surface area contributed by atoms with Crippen LogP contribution in [0.25, 0.3) is 0 Å². The van der Waals surface area contributed by atoms with E-state index in [4.69, 9.17) is 21.1 Å². The van der Waals surface area contributed by atoms with Crippen molar-refractivity contribution in [2.24, 2.45) is 0 Å². The molecule has 0 heterocycles. The molecule has 0 aliphatic carbocycles. The molecule has 0 aliphatic rings. The summed E-state index contributed by atoms with van der Waals surface area (Å²) in [6.45, 7) is 1.79. The molecule has 0 atom stereocenters. The van der Waals surface area contributed by atoms with E-state index in [-0.39, 0.29) is 29.7 Å². The van der Waals surface area contributed by atoms with Crippen molar-refractivity contribution in [2.75, 3.05) is 18.5 Å². The highest BCUT2D eigenvalue weighted by Crippen LogP contribution is 2.22. The summed E-state index contributed by atoms with van der Waals surface area (Å²) >= 11 is 9.30. The van der Waals surface area contributed by atoms with Crippen LogP contribution >= 0.6 is 27.5 Å². The van der Waals surface area contributed by atoms with Crippen LogP contribution in [0.5, 0.6) is 5.75 Å². The first-order valence-corrected chi connectivity index (χ1v) is 8.31. The minimum atomic E-state index is -0.537. The molecular weight excluding hydrogens is 398 g/mol. The second kappa shape index (κ2) is 8.70. The summed E-state index contributed by atoms with van der Waals surface area (Å²) in [7, 11) is 0. The van der Waals surface area contributed by atoms with Crippen LogP contribution in [-0.2, 0) is 9.53 Å². The average Bonchev–Trinajstić information content (AvgIpc) is 2.56. The summed E-state index contributed by atoms with van der Waals surface area (Å²) in [6.07, 6.45) is 0. The van der Waals surface area contributed by atoms with Crippen molar-refractivity contribution in [3.63, 3.8) is 0 Å². The summed E-state index contributed by atoms with van der Waals surface area (Å²) < 4.78 is 11.2. The first kappa shape index (κ1) is 18.3. The number of ether oxygens (including phenoxy) is 2. The third kappa shape index (κ3) is 5.25. The topological polar surface area (TPSA) is 64.6 Å². The Morgan fingerprint density at radius 2 is 1.88 bits per heavy atom. The van der Waals surface area contributed by atoms with Crippen molar-refractivity contribution in [3.05, 3.63) is 57.5 Å². The SMILES string of the molecule is CCOC(=O)c1cc(NC(=O)COc2ccc(Br)cc2)ccc1Cl. The number of hydrogen-bond donors (Lipinski definition) is 1. The van der Waals surface area contributed by atoms with Crippen LogP contribution in [0.2, 0.25) is 5.02 Å². The first-order chi connectivity index (χ1) is 11.5. The lowest BCUT2D eigenvalue weighted by molar-refractivity contribution is -0.118. The van der Waals surface area contributed by atoms with Gasteiger partial charge in [-0.05, 0) is 49.4 Å². The van der Waals surface area contributed by atoms with E-state index < -0.39 is 5.97 Å². The van der Waals surface area contributed by atoms with E-state index in [0.717, 1.165) is 4.47 Å². The second-order valence-corrected chi connectivity index (χ2v) is 6.03. The number of carbonyl (C=O) groups is 2. The summed E-state index contributed by atoms with van der Waals surface area (Å²) in [4.78, 5) is 23.7. The van der Waals surface area contributed by atoms with Crippen molar-refractivity contribution in [3.8, 4) is 5.75 Å². The Hall–Kier alpha value is -2.05. The van der Waals surface area contributed by atoms with Crippen LogP contribution in [0.1, 0.15) is 17.3 Å². The molecular formula is C17H15BrClNO4. The summed E-state index contributed by atoms with van der Waals surface area (Å²) in [6, 6.07) is 11.7. The minimum absolute atomic E-state index is 0.154. The maximum Gasteiger partial charge on any atom is 0.339 e. The number of esters is 1. The van der Waals surface area contributed by atoms with Gasteiger partial charge in [0, 0.05) is 10.2 Å². The van der Waals surface area contributed by atoms with E-state index in [9.17, 15) is 9.59 Å². The average molecular weight is 413 g/mol. The van der Waals surface area contributed by atoms with Crippen molar-refractivity contribution < 1.29 is 19.1 Å². The van der Waals surface area contributed by atoms with E-state index in [0.29, 0.717) is 11.4 Å². The third-order valence-electron chi connectivity index (χ3n) is 2.93. The molecule has 2 rings (SSSR count). The van der Waals surface area contributed by atoms with Crippen molar-refractivity contribution in [2.45, 2.75) is 6.92 Å². The van der Waals surface area contributed by atoms with Crippen LogP contribution in [0.3, 0.4) is 0 Å². The highest BCUT2D eigenvalue weighted by Gasteiger charge is 2.13. The van der Waals surface area contributed by atoms with Gasteiger partial charge in [-0.25, -0.2) is 4.79 Å². The first-order valence-electron chi connectivity index (χ1n) is 7.14. The molecule has 1 N–H and O–H groups in total. The largest absolute Gasteiger partial charge is 0.484 e. The molecule has 0 fully saturated rings. The number of benzene rings is 2. The molecule has 0 spiro atoms. The van der Waals surface area contributed by atoms with Gasteiger partial charge in [0.25, 0.3) is 5.91 Å². The lowest BCUT2D eigenvalue weighted by atomic mass is 10.2. The number of amides is 1. The number of carbonyl (C=O) groups excluding carboxylic acids is 2. The normalized spacial score (nSPS) is 10.1. The molecule has 2 aromatic rings. The zero-order chi connectivity index (χ0) is 17.5. The maximum atomic E-state index is 11.9. The van der Waals surface area contributed by atoms with Crippen molar-refractivity contribution >= 4 is 45.1 Å². The van der Waals surface area contributed by atoms with E-state index >= 15 is 0 Å². The molecule has 5 nitrogen and oxygen atoms in total. The van der Waals surface area contributed by atoms with E-state index in [2.05, 4.69) is 21.2 Å². The predicted octanol–water partition coefficient (Wildman–Crippen LogP) is 4.30. The number of nitrogens with one attached hydrogen (secondary N) is 1. The van der Waals surface area contributed by atoms with Crippen LogP contribution in [0, 0.1) is 0 Å². The summed E-state index contributed by atoms with van der Waals surface area (Å²) in [5.41, 5.74) is 0.636. The molecule has 126 valence electrons. The third-order valence-corrected chi connectivity index (χ3v) is 3.79. The van der Waals surface area contributed by atoms with Gasteiger partial charge in [0.1, 0.15) is 5.75 Å². The quantitative estimate of drug-likeness (QED) is 0.719. The monoisotopic (exact) mass is 411 g/mol. The van der Waals surface area contributed by atoms with Gasteiger partial charge in [0.05, 0.1) is 17.2 Å². The smallest absolute Gasteiger partial charge is 0.339 e. The van der Waals surface area contributed by atoms with Gasteiger partial charge in [-0.15, -0.1) is 0 Å². The highest BCUT2D eigenvalue weighted by atomic mass is 79.9. The zero-order valence-corrected chi connectivity index (χ0v) is 15.2. The molecule has 0 unspecified atom stereocenters. The Morgan fingerprint density at radius 1 is 1.17 bits per heavy atom. The Bertz CT molecular complexity index is 734. The summed E-state index contributed by atoms with van der Waals surface area (Å²) in [5, 5.41) is 2.91. The molecule has 0 saturated carbocycles.